The number of nitrogens with one attached hydrogen (secondary N) is 2. The number of esters is 1. The second-order valence-corrected chi connectivity index (χ2v) is 9.49. The van der Waals surface area contributed by atoms with E-state index >= 15 is 0 Å². The van der Waals surface area contributed by atoms with Gasteiger partial charge in [-0.15, -0.1) is 0 Å². The van der Waals surface area contributed by atoms with Gasteiger partial charge in [0.1, 0.15) is 5.75 Å². The summed E-state index contributed by atoms with van der Waals surface area (Å²) < 4.78 is 12.7. The van der Waals surface area contributed by atoms with Gasteiger partial charge < -0.3 is 20.1 Å². The van der Waals surface area contributed by atoms with Crippen LogP contribution in [-0.4, -0.2) is 35.5 Å². The Labute approximate surface area is 235 Å². The minimum Gasteiger partial charge on any atom is -0.496 e. The van der Waals surface area contributed by atoms with Crippen LogP contribution < -0.4 is 15.4 Å². The van der Waals surface area contributed by atoms with E-state index in [0.717, 1.165) is 38.9 Å². The molecular formula is C32H36N4O4. The minimum absolute atomic E-state index is 0.158. The number of amides is 2. The van der Waals surface area contributed by atoms with Crippen LogP contribution in [0, 0.1) is 0 Å². The van der Waals surface area contributed by atoms with Crippen LogP contribution >= 0.6 is 0 Å². The predicted molar refractivity (Wildman–Crippen MR) is 156 cm³/mol. The number of carbonyl (C=O) groups excluding carboxylic acids is 2. The summed E-state index contributed by atoms with van der Waals surface area (Å²) >= 11 is 0. The first-order chi connectivity index (χ1) is 19.4. The van der Waals surface area contributed by atoms with Crippen LogP contribution in [0.25, 0.3) is 22.3 Å². The summed E-state index contributed by atoms with van der Waals surface area (Å²) in [5, 5.41) is 10.5. The molecule has 0 bridgehead atoms. The molecule has 4 rings (SSSR count). The van der Waals surface area contributed by atoms with Crippen molar-refractivity contribution >= 4 is 12.0 Å². The third-order valence-electron chi connectivity index (χ3n) is 6.68. The second kappa shape index (κ2) is 13.5. The maximum absolute atomic E-state index is 13.0. The van der Waals surface area contributed by atoms with Crippen molar-refractivity contribution in [1.29, 1.82) is 0 Å². The zero-order chi connectivity index (χ0) is 28.5. The molecule has 0 aliphatic rings. The highest BCUT2D eigenvalue weighted by Crippen LogP contribution is 2.38. The summed E-state index contributed by atoms with van der Waals surface area (Å²) in [6, 6.07) is 21.1. The first kappa shape index (κ1) is 28.4. The smallest absolute Gasteiger partial charge is 0.315 e. The lowest BCUT2D eigenvalue weighted by molar-refractivity contribution is -0.142. The van der Waals surface area contributed by atoms with Crippen LogP contribution in [0.5, 0.6) is 5.75 Å². The number of rotatable bonds is 11. The van der Waals surface area contributed by atoms with Crippen LogP contribution in [0.4, 0.5) is 4.79 Å². The van der Waals surface area contributed by atoms with Gasteiger partial charge in [0.2, 0.25) is 0 Å². The quantitative estimate of drug-likeness (QED) is 0.234. The lowest BCUT2D eigenvalue weighted by Gasteiger charge is -2.23. The second-order valence-electron chi connectivity index (χ2n) is 9.49. The highest BCUT2D eigenvalue weighted by atomic mass is 16.5. The number of carbonyl (C=O) groups is 2. The van der Waals surface area contributed by atoms with Crippen molar-refractivity contribution in [3.05, 3.63) is 95.8 Å². The van der Waals surface area contributed by atoms with Crippen molar-refractivity contribution in [2.45, 2.75) is 39.3 Å². The summed E-state index contributed by atoms with van der Waals surface area (Å²) in [5.74, 6) is 0.389. The molecule has 2 amide bonds. The highest BCUT2D eigenvalue weighted by molar-refractivity contribution is 5.81. The average molecular weight is 541 g/mol. The summed E-state index contributed by atoms with van der Waals surface area (Å²) in [5.41, 5.74) is 6.48. The Morgan fingerprint density at radius 1 is 0.950 bits per heavy atom. The van der Waals surface area contributed by atoms with Crippen LogP contribution in [0.3, 0.4) is 0 Å². The van der Waals surface area contributed by atoms with Crippen molar-refractivity contribution in [3.8, 4) is 28.0 Å². The third-order valence-corrected chi connectivity index (χ3v) is 6.68. The molecule has 1 unspecified atom stereocenters. The Kier molecular flexibility index (Phi) is 9.57. The lowest BCUT2D eigenvalue weighted by Crippen LogP contribution is -2.37. The zero-order valence-corrected chi connectivity index (χ0v) is 23.4. The average Bonchev–Trinajstić information content (AvgIpc) is 3.41. The number of urea groups is 1. The molecule has 1 atom stereocenters. The molecule has 0 spiro atoms. The first-order valence-electron chi connectivity index (χ1n) is 13.5. The van der Waals surface area contributed by atoms with Crippen molar-refractivity contribution in [2.75, 3.05) is 13.7 Å². The summed E-state index contributed by atoms with van der Waals surface area (Å²) in [6.45, 7) is 4.59. The number of benzene rings is 3. The van der Waals surface area contributed by atoms with Gasteiger partial charge in [-0.05, 0) is 59.4 Å². The maximum Gasteiger partial charge on any atom is 0.315 e. The van der Waals surface area contributed by atoms with E-state index in [2.05, 4.69) is 21.8 Å². The van der Waals surface area contributed by atoms with E-state index in [1.165, 1.54) is 0 Å². The topological polar surface area (TPSA) is 94.5 Å². The van der Waals surface area contributed by atoms with Crippen molar-refractivity contribution in [1.82, 2.24) is 20.4 Å². The SMILES string of the molecule is CCOC(=O)Cc1ccc(OC)c(-c2ccc(-c3cnn(C)c3)cc2C(CC)NC(=O)NCc2ccccc2)c1. The molecule has 0 fully saturated rings. The molecule has 0 aliphatic heterocycles. The van der Waals surface area contributed by atoms with Gasteiger partial charge in [0, 0.05) is 30.9 Å². The van der Waals surface area contributed by atoms with Crippen LogP contribution in [0.15, 0.2) is 79.1 Å². The van der Waals surface area contributed by atoms with Crippen molar-refractivity contribution < 1.29 is 19.1 Å². The molecule has 8 nitrogen and oxygen atoms in total. The van der Waals surface area contributed by atoms with Gasteiger partial charge in [-0.2, -0.15) is 5.10 Å². The normalized spacial score (nSPS) is 11.5. The molecule has 8 heteroatoms. The van der Waals surface area contributed by atoms with Gasteiger partial charge in [0.25, 0.3) is 0 Å². The minimum atomic E-state index is -0.291. The van der Waals surface area contributed by atoms with Crippen LogP contribution in [0.1, 0.15) is 43.0 Å². The monoisotopic (exact) mass is 540 g/mol. The molecule has 1 aromatic heterocycles. The van der Waals surface area contributed by atoms with E-state index in [4.69, 9.17) is 9.47 Å². The van der Waals surface area contributed by atoms with Gasteiger partial charge in [-0.25, -0.2) is 4.79 Å². The summed E-state index contributed by atoms with van der Waals surface area (Å²) in [4.78, 5) is 25.2. The van der Waals surface area contributed by atoms with Gasteiger partial charge >= 0.3 is 12.0 Å². The standard InChI is InChI=1S/C32H36N4O4/c1-5-29(35-32(38)33-19-22-10-8-7-9-11-22)27-18-24(25-20-34-36(3)21-25)13-14-26(27)28-16-23(12-15-30(28)39-4)17-31(37)40-6-2/h7-16,18,20-21,29H,5-6,17,19H2,1-4H3,(H2,33,35,38). The molecule has 1 heterocycles. The molecule has 0 radical (unpaired) electrons. The number of aromatic nitrogens is 2. The largest absolute Gasteiger partial charge is 0.496 e. The van der Waals surface area contributed by atoms with Gasteiger partial charge in [0.15, 0.2) is 0 Å². The Bertz CT molecular complexity index is 1450. The van der Waals surface area contributed by atoms with E-state index in [1.807, 2.05) is 87.0 Å². The lowest BCUT2D eigenvalue weighted by atomic mass is 9.89. The molecule has 4 aromatic rings. The molecule has 40 heavy (non-hydrogen) atoms. The highest BCUT2D eigenvalue weighted by Gasteiger charge is 2.21. The van der Waals surface area contributed by atoms with Crippen molar-refractivity contribution in [2.24, 2.45) is 7.05 Å². The number of methoxy groups -OCH3 is 1. The van der Waals surface area contributed by atoms with E-state index in [1.54, 1.807) is 18.7 Å². The van der Waals surface area contributed by atoms with Crippen LogP contribution in [-0.2, 0) is 29.5 Å². The van der Waals surface area contributed by atoms with Gasteiger partial charge in [-0.1, -0.05) is 55.5 Å². The first-order valence-corrected chi connectivity index (χ1v) is 13.5. The fourth-order valence-electron chi connectivity index (χ4n) is 4.69. The zero-order valence-electron chi connectivity index (χ0n) is 23.4. The molecule has 0 saturated carbocycles. The maximum atomic E-state index is 13.0. The van der Waals surface area contributed by atoms with Gasteiger partial charge in [-0.3, -0.25) is 9.48 Å². The Morgan fingerprint density at radius 3 is 2.42 bits per heavy atom. The number of aryl methyl sites for hydroxylation is 1. The number of hydrogen-bond acceptors (Lipinski definition) is 5. The van der Waals surface area contributed by atoms with E-state index < -0.39 is 0 Å². The number of hydrogen-bond donors (Lipinski definition) is 2. The molecule has 0 saturated heterocycles. The Morgan fingerprint density at radius 2 is 1.75 bits per heavy atom. The molecule has 3 aromatic carbocycles. The number of nitrogens with zero attached hydrogens (tertiary/aromatic N) is 2. The molecular weight excluding hydrogens is 504 g/mol. The van der Waals surface area contributed by atoms with E-state index in [9.17, 15) is 9.59 Å². The fraction of sp³-hybridized carbons (Fsp3) is 0.281. The third kappa shape index (κ3) is 7.08. The molecule has 2 N–H and O–H groups in total. The van der Waals surface area contributed by atoms with Gasteiger partial charge in [0.05, 0.1) is 32.4 Å². The fourth-order valence-corrected chi connectivity index (χ4v) is 4.69. The van der Waals surface area contributed by atoms with E-state index in [-0.39, 0.29) is 24.5 Å². The summed E-state index contributed by atoms with van der Waals surface area (Å²) in [6.07, 6.45) is 4.60. The van der Waals surface area contributed by atoms with Crippen molar-refractivity contribution in [3.63, 3.8) is 0 Å². The van der Waals surface area contributed by atoms with Crippen LogP contribution in [0.2, 0.25) is 0 Å². The van der Waals surface area contributed by atoms with E-state index in [0.29, 0.717) is 25.3 Å². The Balaban J connectivity index is 1.72. The summed E-state index contributed by atoms with van der Waals surface area (Å²) in [7, 11) is 3.51. The predicted octanol–water partition coefficient (Wildman–Crippen LogP) is 5.82. The molecule has 0 aliphatic carbocycles. The Hall–Kier alpha value is -4.59. The molecule has 208 valence electrons. The number of ether oxygens (including phenoxy) is 2.